The molecule has 0 bridgehead atoms. The van der Waals surface area contributed by atoms with Crippen molar-refractivity contribution in [3.8, 4) is 11.5 Å². The van der Waals surface area contributed by atoms with Crippen LogP contribution in [0.2, 0.25) is 0 Å². The summed E-state index contributed by atoms with van der Waals surface area (Å²) in [5, 5.41) is 2.84. The molecule has 0 heterocycles. The summed E-state index contributed by atoms with van der Waals surface area (Å²) >= 11 is 0. The van der Waals surface area contributed by atoms with E-state index in [-0.39, 0.29) is 29.0 Å². The van der Waals surface area contributed by atoms with Crippen LogP contribution in [0.15, 0.2) is 18.2 Å². The van der Waals surface area contributed by atoms with Gasteiger partial charge in [-0.05, 0) is 38.0 Å². The van der Waals surface area contributed by atoms with Gasteiger partial charge in [-0.2, -0.15) is 8.78 Å². The molecule has 1 fully saturated rings. The molecule has 2 rings (SSSR count). The fraction of sp³-hybridized carbons (Fsp3) is 0.529. The number of methoxy groups -OCH3 is 1. The maximum Gasteiger partial charge on any atom is 0.387 e. The van der Waals surface area contributed by atoms with Crippen LogP contribution in [0.25, 0.3) is 0 Å². The molecule has 0 spiro atoms. The van der Waals surface area contributed by atoms with Gasteiger partial charge in [0.1, 0.15) is 0 Å². The van der Waals surface area contributed by atoms with Crippen LogP contribution in [0, 0.1) is 0 Å². The van der Waals surface area contributed by atoms with Gasteiger partial charge < -0.3 is 19.5 Å². The molecule has 6 nitrogen and oxygen atoms in total. The minimum Gasteiger partial charge on any atom is -0.493 e. The second-order valence-electron chi connectivity index (χ2n) is 5.78. The number of carbonyl (C=O) groups excluding carboxylic acids is 2. The Bertz CT molecular complexity index is 617. The second kappa shape index (κ2) is 8.64. The topological polar surface area (TPSA) is 73.9 Å². The summed E-state index contributed by atoms with van der Waals surface area (Å²) in [5.41, 5.74) is 0.0685. The van der Waals surface area contributed by atoms with E-state index < -0.39 is 18.7 Å². The molecule has 0 aliphatic heterocycles. The van der Waals surface area contributed by atoms with Gasteiger partial charge in [0.2, 0.25) is 0 Å². The summed E-state index contributed by atoms with van der Waals surface area (Å²) in [4.78, 5) is 24.2. The monoisotopic (exact) mass is 357 g/mol. The molecule has 0 aromatic heterocycles. The number of amides is 1. The quantitative estimate of drug-likeness (QED) is 0.760. The number of nitrogens with one attached hydrogen (secondary N) is 1. The Balaban J connectivity index is 1.98. The van der Waals surface area contributed by atoms with Crippen LogP contribution in [0.4, 0.5) is 8.78 Å². The van der Waals surface area contributed by atoms with Gasteiger partial charge in [-0.25, -0.2) is 4.79 Å². The van der Waals surface area contributed by atoms with Crippen LogP contribution < -0.4 is 14.8 Å². The molecule has 1 aliphatic rings. The Morgan fingerprint density at radius 1 is 1.20 bits per heavy atom. The molecular weight excluding hydrogens is 336 g/mol. The van der Waals surface area contributed by atoms with Gasteiger partial charge >= 0.3 is 12.6 Å². The molecule has 1 saturated carbocycles. The number of rotatable bonds is 7. The first-order valence-corrected chi connectivity index (χ1v) is 8.05. The first kappa shape index (κ1) is 19.0. The highest BCUT2D eigenvalue weighted by atomic mass is 19.3. The summed E-state index contributed by atoms with van der Waals surface area (Å²) in [6.07, 6.45) is 3.04. The van der Waals surface area contributed by atoms with Crippen molar-refractivity contribution in [2.45, 2.75) is 51.4 Å². The predicted molar refractivity (Wildman–Crippen MR) is 84.9 cm³/mol. The van der Waals surface area contributed by atoms with Crippen LogP contribution >= 0.6 is 0 Å². The lowest BCUT2D eigenvalue weighted by atomic mass is 10.2. The summed E-state index contributed by atoms with van der Waals surface area (Å²) in [7, 11) is 1.26. The zero-order chi connectivity index (χ0) is 18.4. The Morgan fingerprint density at radius 2 is 1.88 bits per heavy atom. The Labute approximate surface area is 144 Å². The van der Waals surface area contributed by atoms with Crippen LogP contribution in [-0.2, 0) is 9.53 Å². The van der Waals surface area contributed by atoms with Gasteiger partial charge in [0.25, 0.3) is 5.91 Å². The molecule has 0 unspecified atom stereocenters. The first-order chi connectivity index (χ1) is 11.9. The van der Waals surface area contributed by atoms with Gasteiger partial charge in [-0.1, -0.05) is 12.8 Å². The number of alkyl halides is 2. The molecule has 1 N–H and O–H groups in total. The minimum absolute atomic E-state index is 0.0298. The third kappa shape index (κ3) is 5.30. The molecule has 1 aliphatic carbocycles. The van der Waals surface area contributed by atoms with Gasteiger partial charge in [-0.3, -0.25) is 4.79 Å². The molecule has 1 aromatic carbocycles. The molecule has 0 saturated heterocycles. The normalized spacial score (nSPS) is 15.7. The summed E-state index contributed by atoms with van der Waals surface area (Å²) in [6, 6.07) is 3.80. The maximum atomic E-state index is 12.3. The Hall–Kier alpha value is -2.38. The number of ether oxygens (including phenoxy) is 3. The lowest BCUT2D eigenvalue weighted by molar-refractivity contribution is -0.129. The fourth-order valence-corrected chi connectivity index (χ4v) is 2.66. The average molecular weight is 357 g/mol. The van der Waals surface area contributed by atoms with Gasteiger partial charge in [0.05, 0.1) is 12.7 Å². The highest BCUT2D eigenvalue weighted by Crippen LogP contribution is 2.29. The molecule has 1 atom stereocenters. The molecule has 1 aromatic rings. The van der Waals surface area contributed by atoms with Crippen molar-refractivity contribution >= 4 is 11.9 Å². The number of esters is 1. The van der Waals surface area contributed by atoms with Crippen molar-refractivity contribution in [3.05, 3.63) is 23.8 Å². The zero-order valence-corrected chi connectivity index (χ0v) is 14.1. The van der Waals surface area contributed by atoms with Crippen molar-refractivity contribution in [2.75, 3.05) is 7.11 Å². The van der Waals surface area contributed by atoms with E-state index in [2.05, 4.69) is 10.1 Å². The number of hydrogen-bond acceptors (Lipinski definition) is 5. The third-order valence-electron chi connectivity index (χ3n) is 3.97. The smallest absolute Gasteiger partial charge is 0.387 e. The van der Waals surface area contributed by atoms with Gasteiger partial charge in [0.15, 0.2) is 17.6 Å². The standard InChI is InChI=1S/C17H21F2NO5/c1-10(15(21)20-12-5-3-4-6-12)24-16(22)11-7-8-13(25-17(18)19)14(9-11)23-2/h7-10,12,17H,3-6H2,1-2H3,(H,20,21)/t10-/m0/s1. The summed E-state index contributed by atoms with van der Waals surface area (Å²) < 4.78 is 39.0. The lowest BCUT2D eigenvalue weighted by Gasteiger charge is -2.17. The van der Waals surface area contributed by atoms with Crippen LogP contribution in [-0.4, -0.2) is 37.7 Å². The van der Waals surface area contributed by atoms with E-state index in [1.165, 1.54) is 32.2 Å². The van der Waals surface area contributed by atoms with Crippen molar-refractivity contribution in [2.24, 2.45) is 0 Å². The minimum atomic E-state index is -3.01. The number of halogens is 2. The van der Waals surface area contributed by atoms with Crippen molar-refractivity contribution in [1.29, 1.82) is 0 Å². The van der Waals surface area contributed by atoms with Crippen molar-refractivity contribution in [1.82, 2.24) is 5.32 Å². The van der Waals surface area contributed by atoms with E-state index in [0.29, 0.717) is 0 Å². The van der Waals surface area contributed by atoms with Crippen molar-refractivity contribution < 1.29 is 32.6 Å². The fourth-order valence-electron chi connectivity index (χ4n) is 2.66. The van der Waals surface area contributed by atoms with Crippen LogP contribution in [0.1, 0.15) is 43.0 Å². The zero-order valence-electron chi connectivity index (χ0n) is 14.1. The van der Waals surface area contributed by atoms with Gasteiger partial charge in [-0.15, -0.1) is 0 Å². The average Bonchev–Trinajstić information content (AvgIpc) is 3.07. The van der Waals surface area contributed by atoms with Crippen LogP contribution in [0.3, 0.4) is 0 Å². The first-order valence-electron chi connectivity index (χ1n) is 8.05. The maximum absolute atomic E-state index is 12.3. The number of carbonyl (C=O) groups is 2. The highest BCUT2D eigenvalue weighted by molar-refractivity contribution is 5.92. The molecule has 138 valence electrons. The highest BCUT2D eigenvalue weighted by Gasteiger charge is 2.24. The van der Waals surface area contributed by atoms with E-state index in [1.807, 2.05) is 0 Å². The SMILES string of the molecule is COc1cc(C(=O)O[C@@H](C)C(=O)NC2CCCC2)ccc1OC(F)F. The van der Waals surface area contributed by atoms with E-state index >= 15 is 0 Å². The molecule has 0 radical (unpaired) electrons. The summed E-state index contributed by atoms with van der Waals surface area (Å²) in [5.74, 6) is -1.33. The molecular formula is C17H21F2NO5. The Morgan fingerprint density at radius 3 is 2.48 bits per heavy atom. The van der Waals surface area contributed by atoms with E-state index in [9.17, 15) is 18.4 Å². The lowest BCUT2D eigenvalue weighted by Crippen LogP contribution is -2.40. The molecule has 1 amide bonds. The van der Waals surface area contributed by atoms with Crippen molar-refractivity contribution in [3.63, 3.8) is 0 Å². The Kier molecular flexibility index (Phi) is 6.55. The third-order valence-corrected chi connectivity index (χ3v) is 3.97. The van der Waals surface area contributed by atoms with E-state index in [4.69, 9.17) is 9.47 Å². The summed E-state index contributed by atoms with van der Waals surface area (Å²) in [6.45, 7) is -1.53. The largest absolute Gasteiger partial charge is 0.493 e. The predicted octanol–water partition coefficient (Wildman–Crippen LogP) is 2.90. The molecule has 8 heteroatoms. The van der Waals surface area contributed by atoms with E-state index in [0.717, 1.165) is 25.7 Å². The number of hydrogen-bond donors (Lipinski definition) is 1. The number of benzene rings is 1. The van der Waals surface area contributed by atoms with Gasteiger partial charge in [0, 0.05) is 6.04 Å². The second-order valence-corrected chi connectivity index (χ2v) is 5.78. The van der Waals surface area contributed by atoms with E-state index in [1.54, 1.807) is 0 Å². The van der Waals surface area contributed by atoms with Crippen LogP contribution in [0.5, 0.6) is 11.5 Å². The molecule has 25 heavy (non-hydrogen) atoms.